The molecular formula is C27H33F2N. The van der Waals surface area contributed by atoms with Gasteiger partial charge in [-0.15, -0.1) is 0 Å². The molecule has 0 spiro atoms. The second-order valence-electron chi connectivity index (χ2n) is 8.96. The molecule has 160 valence electrons. The zero-order valence-corrected chi connectivity index (χ0v) is 17.8. The Morgan fingerprint density at radius 1 is 0.933 bits per heavy atom. The molecule has 0 bridgehead atoms. The number of nitriles is 1. The van der Waals surface area contributed by atoms with Crippen LogP contribution >= 0.6 is 0 Å². The van der Waals surface area contributed by atoms with Crippen molar-refractivity contribution in [1.82, 2.24) is 0 Å². The lowest BCUT2D eigenvalue weighted by Gasteiger charge is -2.29. The number of allylic oxidation sites excluding steroid dienone is 6. The van der Waals surface area contributed by atoms with Gasteiger partial charge in [0, 0.05) is 0 Å². The highest BCUT2D eigenvalue weighted by atomic mass is 19.1. The summed E-state index contributed by atoms with van der Waals surface area (Å²) in [5.41, 5.74) is 1.29. The maximum Gasteiger partial charge on any atom is 0.199 e. The first-order valence-electron chi connectivity index (χ1n) is 11.5. The first kappa shape index (κ1) is 22.5. The molecule has 1 nitrogen and oxygen atoms in total. The second-order valence-corrected chi connectivity index (χ2v) is 8.96. The van der Waals surface area contributed by atoms with E-state index >= 15 is 0 Å². The van der Waals surface area contributed by atoms with Crippen molar-refractivity contribution in [3.63, 3.8) is 0 Å². The molecule has 3 heteroatoms. The number of hydrogen-bond donors (Lipinski definition) is 0. The molecule has 2 aliphatic rings. The Hall–Kier alpha value is -2.21. The molecule has 3 rings (SSSR count). The summed E-state index contributed by atoms with van der Waals surface area (Å²) in [6.07, 6.45) is 21.9. The third-order valence-corrected chi connectivity index (χ3v) is 6.89. The summed E-state index contributed by atoms with van der Waals surface area (Å²) < 4.78 is 25.8. The number of benzene rings is 1. The maximum atomic E-state index is 13.1. The molecular weight excluding hydrogens is 376 g/mol. The number of halogens is 2. The first-order valence-corrected chi connectivity index (χ1v) is 11.5. The average Bonchev–Trinajstić information content (AvgIpc) is 2.79. The monoisotopic (exact) mass is 409 g/mol. The summed E-state index contributed by atoms with van der Waals surface area (Å²) in [5, 5.41) is 8.37. The predicted molar refractivity (Wildman–Crippen MR) is 119 cm³/mol. The van der Waals surface area contributed by atoms with Gasteiger partial charge in [-0.05, 0) is 112 Å². The van der Waals surface area contributed by atoms with Crippen LogP contribution in [0.15, 0.2) is 60.5 Å². The van der Waals surface area contributed by atoms with Gasteiger partial charge in [-0.1, -0.05) is 36.4 Å². The molecule has 0 N–H and O–H groups in total. The maximum absolute atomic E-state index is 13.1. The zero-order chi connectivity index (χ0) is 21.2. The van der Waals surface area contributed by atoms with E-state index in [9.17, 15) is 8.78 Å². The lowest BCUT2D eigenvalue weighted by Crippen LogP contribution is -2.14. The van der Waals surface area contributed by atoms with Crippen LogP contribution in [0.2, 0.25) is 0 Å². The van der Waals surface area contributed by atoms with Gasteiger partial charge in [-0.3, -0.25) is 0 Å². The molecule has 0 amide bonds. The minimum absolute atomic E-state index is 0.148. The lowest BCUT2D eigenvalue weighted by atomic mass is 9.77. The molecule has 0 atom stereocenters. The van der Waals surface area contributed by atoms with Gasteiger partial charge in [0.2, 0.25) is 0 Å². The Balaban J connectivity index is 1.32. The van der Waals surface area contributed by atoms with Gasteiger partial charge >= 0.3 is 0 Å². The van der Waals surface area contributed by atoms with Crippen LogP contribution in [0.4, 0.5) is 8.78 Å². The van der Waals surface area contributed by atoms with Crippen molar-refractivity contribution in [2.75, 3.05) is 0 Å². The fourth-order valence-corrected chi connectivity index (χ4v) is 4.98. The summed E-state index contributed by atoms with van der Waals surface area (Å²) in [4.78, 5) is 0. The van der Waals surface area contributed by atoms with E-state index in [1.54, 1.807) is 18.2 Å². The van der Waals surface area contributed by atoms with Gasteiger partial charge in [0.1, 0.15) is 11.9 Å². The summed E-state index contributed by atoms with van der Waals surface area (Å²) in [6, 6.07) is 8.55. The normalized spacial score (nSPS) is 28.1. The fourth-order valence-electron chi connectivity index (χ4n) is 4.98. The van der Waals surface area contributed by atoms with Gasteiger partial charge < -0.3 is 0 Å². The van der Waals surface area contributed by atoms with E-state index in [1.165, 1.54) is 69.1 Å². The van der Waals surface area contributed by atoms with Gasteiger partial charge in [-0.25, -0.2) is 4.39 Å². The highest BCUT2D eigenvalue weighted by Gasteiger charge is 2.22. The second kappa shape index (κ2) is 11.8. The minimum Gasteiger partial charge on any atom is -0.207 e. The van der Waals surface area contributed by atoms with Crippen molar-refractivity contribution in [1.29, 1.82) is 5.26 Å². The van der Waals surface area contributed by atoms with Crippen molar-refractivity contribution in [2.24, 2.45) is 17.8 Å². The summed E-state index contributed by atoms with van der Waals surface area (Å²) in [5.74, 6) is 1.90. The van der Waals surface area contributed by atoms with Crippen LogP contribution in [0.3, 0.4) is 0 Å². The molecule has 2 saturated carbocycles. The van der Waals surface area contributed by atoms with Crippen LogP contribution < -0.4 is 0 Å². The van der Waals surface area contributed by atoms with E-state index in [1.807, 2.05) is 18.2 Å². The highest BCUT2D eigenvalue weighted by molar-refractivity contribution is 5.21. The van der Waals surface area contributed by atoms with Crippen LogP contribution in [0.5, 0.6) is 0 Å². The fraction of sp³-hybridized carbons (Fsp3) is 0.519. The summed E-state index contributed by atoms with van der Waals surface area (Å²) in [7, 11) is 0. The highest BCUT2D eigenvalue weighted by Crippen LogP contribution is 2.37. The predicted octanol–water partition coefficient (Wildman–Crippen LogP) is 8.18. The standard InChI is InChI=1S/C27H33F2N/c28-26-18-16-25(17-19-26)24-14-12-23(13-15-24)11-10-22-8-6-21(7-9-22)4-2-1-3-5-27(29)20-30/h1,3,5,10-11,16-19,21-24H,2,4,6-9,12-15H2/b3-1?,11-10+,27-5?. The van der Waals surface area contributed by atoms with Gasteiger partial charge in [0.05, 0.1) is 0 Å². The third-order valence-electron chi connectivity index (χ3n) is 6.89. The van der Waals surface area contributed by atoms with Crippen molar-refractivity contribution in [3.8, 4) is 6.07 Å². The Labute approximate surface area is 180 Å². The largest absolute Gasteiger partial charge is 0.207 e. The third kappa shape index (κ3) is 7.24. The van der Waals surface area contributed by atoms with Crippen LogP contribution in [-0.2, 0) is 0 Å². The van der Waals surface area contributed by atoms with Crippen LogP contribution in [0.25, 0.3) is 0 Å². The molecule has 1 aromatic carbocycles. The molecule has 2 aliphatic carbocycles. The molecule has 0 aromatic heterocycles. The van der Waals surface area contributed by atoms with Crippen molar-refractivity contribution in [3.05, 3.63) is 71.9 Å². The minimum atomic E-state index is -0.734. The van der Waals surface area contributed by atoms with Crippen molar-refractivity contribution >= 4 is 0 Å². The Bertz CT molecular complexity index is 768. The lowest BCUT2D eigenvalue weighted by molar-refractivity contribution is 0.295. The summed E-state index contributed by atoms with van der Waals surface area (Å²) >= 11 is 0. The number of nitrogens with zero attached hydrogens (tertiary/aromatic N) is 1. The molecule has 30 heavy (non-hydrogen) atoms. The van der Waals surface area contributed by atoms with Crippen LogP contribution in [0, 0.1) is 34.9 Å². The zero-order valence-electron chi connectivity index (χ0n) is 17.8. The van der Waals surface area contributed by atoms with Crippen LogP contribution in [-0.4, -0.2) is 0 Å². The quantitative estimate of drug-likeness (QED) is 0.253. The van der Waals surface area contributed by atoms with Crippen LogP contribution in [0.1, 0.15) is 75.7 Å². The van der Waals surface area contributed by atoms with Crippen molar-refractivity contribution < 1.29 is 8.78 Å². The first-order chi connectivity index (χ1) is 14.6. The summed E-state index contributed by atoms with van der Waals surface area (Å²) in [6.45, 7) is 0. The topological polar surface area (TPSA) is 23.8 Å². The molecule has 0 radical (unpaired) electrons. The smallest absolute Gasteiger partial charge is 0.199 e. The van der Waals surface area contributed by atoms with E-state index in [2.05, 4.69) is 12.2 Å². The van der Waals surface area contributed by atoms with E-state index < -0.39 is 5.83 Å². The number of rotatable bonds is 7. The molecule has 0 aliphatic heterocycles. The Kier molecular flexibility index (Phi) is 8.87. The molecule has 0 saturated heterocycles. The van der Waals surface area contributed by atoms with Crippen molar-refractivity contribution in [2.45, 2.75) is 70.1 Å². The SMILES string of the molecule is N#CC(F)=CC=CCCC1CCC(/C=C/C2CCC(c3ccc(F)cc3)CC2)CC1. The van der Waals surface area contributed by atoms with Gasteiger partial charge in [-0.2, -0.15) is 9.65 Å². The Morgan fingerprint density at radius 2 is 1.53 bits per heavy atom. The molecule has 0 unspecified atom stereocenters. The van der Waals surface area contributed by atoms with E-state index in [0.29, 0.717) is 11.8 Å². The molecule has 0 heterocycles. The van der Waals surface area contributed by atoms with Gasteiger partial charge in [0.15, 0.2) is 5.83 Å². The molecule has 2 fully saturated rings. The van der Waals surface area contributed by atoms with E-state index in [0.717, 1.165) is 24.7 Å². The van der Waals surface area contributed by atoms with E-state index in [4.69, 9.17) is 5.26 Å². The molecule has 1 aromatic rings. The average molecular weight is 410 g/mol. The number of hydrogen-bond acceptors (Lipinski definition) is 1. The van der Waals surface area contributed by atoms with Gasteiger partial charge in [0.25, 0.3) is 0 Å². The van der Waals surface area contributed by atoms with E-state index in [-0.39, 0.29) is 5.82 Å². The Morgan fingerprint density at radius 3 is 2.13 bits per heavy atom.